The maximum Gasteiger partial charge on any atom is 0.117 e. The van der Waals surface area contributed by atoms with Crippen LogP contribution in [0.25, 0.3) is 0 Å². The smallest absolute Gasteiger partial charge is 0.117 e. The molecule has 3 atom stereocenters. The van der Waals surface area contributed by atoms with Gasteiger partial charge in [-0.3, -0.25) is 0 Å². The van der Waals surface area contributed by atoms with Crippen molar-refractivity contribution in [2.24, 2.45) is 5.73 Å². The van der Waals surface area contributed by atoms with Crippen molar-refractivity contribution in [2.45, 2.75) is 37.5 Å². The molecule has 0 radical (unpaired) electrons. The molecule has 0 aliphatic heterocycles. The van der Waals surface area contributed by atoms with Gasteiger partial charge in [0.2, 0.25) is 0 Å². The number of nitrogens with zero attached hydrogens (tertiary/aromatic N) is 1. The molecule has 11 heavy (non-hydrogen) atoms. The average molecular weight is 160 g/mol. The molecule has 0 aromatic rings. The highest BCUT2D eigenvalue weighted by atomic mass is 19.1. The highest BCUT2D eigenvalue weighted by Crippen LogP contribution is 2.22. The molecule has 3 heteroatoms. The van der Waals surface area contributed by atoms with Gasteiger partial charge in [0.1, 0.15) is 6.17 Å². The highest BCUT2D eigenvalue weighted by molar-refractivity contribution is 4.85. The molecule has 1 fully saturated rings. The molecule has 1 saturated carbocycles. The van der Waals surface area contributed by atoms with E-state index in [2.05, 4.69) is 4.90 Å². The van der Waals surface area contributed by atoms with Crippen molar-refractivity contribution in [2.75, 3.05) is 14.1 Å². The van der Waals surface area contributed by atoms with E-state index in [0.717, 1.165) is 12.8 Å². The van der Waals surface area contributed by atoms with Gasteiger partial charge in [0.15, 0.2) is 0 Å². The van der Waals surface area contributed by atoms with Crippen LogP contribution in [0, 0.1) is 0 Å². The minimum absolute atomic E-state index is 0.216. The van der Waals surface area contributed by atoms with E-state index >= 15 is 0 Å². The quantitative estimate of drug-likeness (QED) is 0.614. The highest BCUT2D eigenvalue weighted by Gasteiger charge is 2.28. The topological polar surface area (TPSA) is 29.3 Å². The third kappa shape index (κ3) is 2.14. The number of nitrogens with two attached hydrogens (primary N) is 1. The van der Waals surface area contributed by atoms with Gasteiger partial charge in [0.25, 0.3) is 0 Å². The van der Waals surface area contributed by atoms with Gasteiger partial charge < -0.3 is 10.6 Å². The van der Waals surface area contributed by atoms with Crippen molar-refractivity contribution in [3.8, 4) is 0 Å². The van der Waals surface area contributed by atoms with Crippen LogP contribution in [0.2, 0.25) is 0 Å². The standard InChI is InChI=1S/C8H17FN2/c1-11(2)6-3-4-8(10)7(9)5-6/h6-8H,3-5,10H2,1-2H3. The summed E-state index contributed by atoms with van der Waals surface area (Å²) >= 11 is 0. The van der Waals surface area contributed by atoms with Gasteiger partial charge in [0, 0.05) is 12.1 Å². The van der Waals surface area contributed by atoms with Crippen LogP contribution in [0.15, 0.2) is 0 Å². The SMILES string of the molecule is CN(C)C1CCC(N)C(F)C1. The lowest BCUT2D eigenvalue weighted by molar-refractivity contribution is 0.133. The zero-order valence-corrected chi connectivity index (χ0v) is 7.26. The first kappa shape index (κ1) is 8.94. The van der Waals surface area contributed by atoms with Gasteiger partial charge in [-0.1, -0.05) is 0 Å². The van der Waals surface area contributed by atoms with E-state index < -0.39 is 6.17 Å². The Hall–Kier alpha value is -0.150. The summed E-state index contributed by atoms with van der Waals surface area (Å²) in [6.45, 7) is 0. The fourth-order valence-electron chi connectivity index (χ4n) is 1.59. The lowest BCUT2D eigenvalue weighted by atomic mass is 9.90. The molecular formula is C8H17FN2. The van der Waals surface area contributed by atoms with Crippen LogP contribution in [0.4, 0.5) is 4.39 Å². The van der Waals surface area contributed by atoms with E-state index in [4.69, 9.17) is 5.73 Å². The van der Waals surface area contributed by atoms with Gasteiger partial charge in [-0.25, -0.2) is 4.39 Å². The number of rotatable bonds is 1. The van der Waals surface area contributed by atoms with Gasteiger partial charge in [-0.2, -0.15) is 0 Å². The molecule has 3 unspecified atom stereocenters. The minimum Gasteiger partial charge on any atom is -0.325 e. The van der Waals surface area contributed by atoms with Crippen molar-refractivity contribution >= 4 is 0 Å². The van der Waals surface area contributed by atoms with Crippen LogP contribution < -0.4 is 5.73 Å². The molecule has 0 aromatic carbocycles. The summed E-state index contributed by atoms with van der Waals surface area (Å²) in [6.07, 6.45) is 1.67. The van der Waals surface area contributed by atoms with E-state index in [-0.39, 0.29) is 6.04 Å². The second kappa shape index (κ2) is 3.50. The summed E-state index contributed by atoms with van der Waals surface area (Å²) in [4.78, 5) is 2.08. The Morgan fingerprint density at radius 3 is 2.45 bits per heavy atom. The molecule has 1 rings (SSSR count). The molecule has 0 saturated heterocycles. The largest absolute Gasteiger partial charge is 0.325 e. The number of hydrogen-bond acceptors (Lipinski definition) is 2. The van der Waals surface area contributed by atoms with Crippen molar-refractivity contribution in [1.82, 2.24) is 4.90 Å². The summed E-state index contributed by atoms with van der Waals surface area (Å²) in [5.41, 5.74) is 5.55. The van der Waals surface area contributed by atoms with E-state index in [9.17, 15) is 4.39 Å². The van der Waals surface area contributed by atoms with Crippen LogP contribution in [0.5, 0.6) is 0 Å². The first-order chi connectivity index (χ1) is 5.11. The zero-order chi connectivity index (χ0) is 8.43. The normalized spacial score (nSPS) is 39.5. The molecule has 0 amide bonds. The number of alkyl halides is 1. The van der Waals surface area contributed by atoms with Crippen molar-refractivity contribution in [3.63, 3.8) is 0 Å². The van der Waals surface area contributed by atoms with E-state index in [1.54, 1.807) is 0 Å². The Balaban J connectivity index is 2.40. The Bertz CT molecular complexity index is 127. The van der Waals surface area contributed by atoms with E-state index in [1.807, 2.05) is 14.1 Å². The fraction of sp³-hybridized carbons (Fsp3) is 1.00. The number of halogens is 1. The van der Waals surface area contributed by atoms with Gasteiger partial charge in [-0.15, -0.1) is 0 Å². The van der Waals surface area contributed by atoms with E-state index in [1.165, 1.54) is 0 Å². The third-order valence-electron chi connectivity index (χ3n) is 2.53. The maximum absolute atomic E-state index is 13.0. The van der Waals surface area contributed by atoms with Crippen LogP contribution in [-0.2, 0) is 0 Å². The molecule has 0 heterocycles. The molecule has 0 spiro atoms. The Labute approximate surface area is 67.6 Å². The summed E-state index contributed by atoms with van der Waals surface area (Å²) in [5.74, 6) is 0. The van der Waals surface area contributed by atoms with Crippen molar-refractivity contribution in [3.05, 3.63) is 0 Å². The van der Waals surface area contributed by atoms with E-state index in [0.29, 0.717) is 12.5 Å². The molecule has 0 bridgehead atoms. The summed E-state index contributed by atoms with van der Waals surface area (Å²) in [6, 6.07) is 0.177. The second-order valence-electron chi connectivity index (χ2n) is 3.61. The monoisotopic (exact) mass is 160 g/mol. The first-order valence-electron chi connectivity index (χ1n) is 4.17. The summed E-state index contributed by atoms with van der Waals surface area (Å²) in [7, 11) is 3.99. The van der Waals surface area contributed by atoms with Gasteiger partial charge >= 0.3 is 0 Å². The van der Waals surface area contributed by atoms with Gasteiger partial charge in [-0.05, 0) is 33.4 Å². The van der Waals surface area contributed by atoms with Gasteiger partial charge in [0.05, 0.1) is 0 Å². The summed E-state index contributed by atoms with van der Waals surface area (Å²) < 4.78 is 13.0. The van der Waals surface area contributed by atoms with Crippen molar-refractivity contribution < 1.29 is 4.39 Å². The molecule has 2 N–H and O–H groups in total. The Morgan fingerprint density at radius 1 is 1.36 bits per heavy atom. The number of hydrogen-bond donors (Lipinski definition) is 1. The summed E-state index contributed by atoms with van der Waals surface area (Å²) in [5, 5.41) is 0. The van der Waals surface area contributed by atoms with Crippen LogP contribution >= 0.6 is 0 Å². The molecule has 66 valence electrons. The second-order valence-corrected chi connectivity index (χ2v) is 3.61. The Kier molecular flexibility index (Phi) is 2.84. The Morgan fingerprint density at radius 2 is 2.00 bits per heavy atom. The predicted molar refractivity (Wildman–Crippen MR) is 44.2 cm³/mol. The maximum atomic E-state index is 13.0. The zero-order valence-electron chi connectivity index (χ0n) is 7.26. The van der Waals surface area contributed by atoms with Crippen LogP contribution in [-0.4, -0.2) is 37.3 Å². The van der Waals surface area contributed by atoms with Crippen LogP contribution in [0.3, 0.4) is 0 Å². The molecule has 2 nitrogen and oxygen atoms in total. The molecule has 0 aromatic heterocycles. The van der Waals surface area contributed by atoms with Crippen molar-refractivity contribution in [1.29, 1.82) is 0 Å². The molecule has 1 aliphatic carbocycles. The molecular weight excluding hydrogens is 143 g/mol. The third-order valence-corrected chi connectivity index (χ3v) is 2.53. The lowest BCUT2D eigenvalue weighted by Crippen LogP contribution is -2.44. The average Bonchev–Trinajstić information content (AvgIpc) is 1.94. The molecule has 1 aliphatic rings. The first-order valence-corrected chi connectivity index (χ1v) is 4.17. The fourth-order valence-corrected chi connectivity index (χ4v) is 1.59. The van der Waals surface area contributed by atoms with Crippen LogP contribution in [0.1, 0.15) is 19.3 Å². The lowest BCUT2D eigenvalue weighted by Gasteiger charge is -2.33. The predicted octanol–water partition coefficient (Wildman–Crippen LogP) is 0.766. The minimum atomic E-state index is -0.795.